The van der Waals surface area contributed by atoms with Crippen molar-refractivity contribution < 1.29 is 4.74 Å². The fourth-order valence-electron chi connectivity index (χ4n) is 9.22. The zero-order chi connectivity index (χ0) is 45.9. The van der Waals surface area contributed by atoms with Crippen molar-refractivity contribution in [2.24, 2.45) is 71.0 Å². The molecule has 5 aliphatic heterocycles. The summed E-state index contributed by atoms with van der Waals surface area (Å²) >= 11 is 0. The molecule has 5 aliphatic rings. The minimum absolute atomic E-state index is 0.748. The Balaban J connectivity index is 0.000000704. The smallest absolute Gasteiger partial charge is 0.0468 e. The van der Waals surface area contributed by atoms with E-state index in [1.807, 2.05) is 0 Å². The van der Waals surface area contributed by atoms with E-state index in [-0.39, 0.29) is 0 Å². The lowest BCUT2D eigenvalue weighted by molar-refractivity contribution is 0.0523. The molecular formula is C55H116N4O. The van der Waals surface area contributed by atoms with Gasteiger partial charge in [0.05, 0.1) is 0 Å². The number of rotatable bonds is 9. The minimum Gasteiger partial charge on any atom is -0.381 e. The number of ether oxygens (including phenoxy) is 1. The standard InChI is InChI=1S/2C11H23N.C10H21N.C9H19N.C8H16O.C6H14/c2*1-9(2)11-5-7-12(8-6-11)10(3)4;1-4-11-7-5-10(6-8-11)9(2)3;1-8(2)9-4-6-10(3)7-5-9;1-7(2)8-3-5-9-6-4-8;1-5(2)6(3)4/h2*9-11H,5-8H2,1-4H3;9-10H,4-8H2,1-3H3;8-9H,4-7H2,1-3H3;7-8H,3-6H2,1-2H3;5-6H,1-4H3. The van der Waals surface area contributed by atoms with Crippen LogP contribution in [0.5, 0.6) is 0 Å². The molecule has 5 rings (SSSR count). The van der Waals surface area contributed by atoms with Gasteiger partial charge < -0.3 is 24.3 Å². The van der Waals surface area contributed by atoms with Crippen molar-refractivity contribution in [3.05, 3.63) is 0 Å². The lowest BCUT2D eigenvalue weighted by atomic mass is 9.86. The van der Waals surface area contributed by atoms with Gasteiger partial charge in [0.25, 0.3) is 0 Å². The highest BCUT2D eigenvalue weighted by Crippen LogP contribution is 2.27. The molecule has 0 aliphatic carbocycles. The molecule has 0 bridgehead atoms. The second-order valence-corrected chi connectivity index (χ2v) is 23.0. The van der Waals surface area contributed by atoms with Gasteiger partial charge in [-0.25, -0.2) is 0 Å². The molecule has 0 unspecified atom stereocenters. The molecule has 0 radical (unpaired) electrons. The molecule has 0 aromatic heterocycles. The maximum Gasteiger partial charge on any atom is 0.0468 e. The van der Waals surface area contributed by atoms with E-state index in [1.54, 1.807) is 0 Å². The van der Waals surface area contributed by atoms with Crippen molar-refractivity contribution in [1.82, 2.24) is 19.6 Å². The molecular weight excluding hydrogens is 733 g/mol. The topological polar surface area (TPSA) is 22.2 Å². The monoisotopic (exact) mass is 849 g/mol. The summed E-state index contributed by atoms with van der Waals surface area (Å²) in [5.41, 5.74) is 0. The van der Waals surface area contributed by atoms with E-state index < -0.39 is 0 Å². The Morgan fingerprint density at radius 1 is 0.367 bits per heavy atom. The van der Waals surface area contributed by atoms with Crippen LogP contribution < -0.4 is 0 Å². The van der Waals surface area contributed by atoms with Crippen LogP contribution in [-0.4, -0.2) is 111 Å². The molecule has 0 amide bonds. The number of nitrogens with zero attached hydrogens (tertiary/aromatic N) is 4. The van der Waals surface area contributed by atoms with Crippen molar-refractivity contribution in [1.29, 1.82) is 0 Å². The van der Waals surface area contributed by atoms with Crippen molar-refractivity contribution in [2.45, 2.75) is 208 Å². The Hall–Kier alpha value is -0.200. The number of hydrogen-bond acceptors (Lipinski definition) is 5. The Bertz CT molecular complexity index is 852. The van der Waals surface area contributed by atoms with Gasteiger partial charge in [0.2, 0.25) is 0 Å². The van der Waals surface area contributed by atoms with Crippen LogP contribution in [-0.2, 0) is 4.74 Å². The minimum atomic E-state index is 0.748. The van der Waals surface area contributed by atoms with Crippen molar-refractivity contribution in [3.8, 4) is 0 Å². The Morgan fingerprint density at radius 3 is 0.833 bits per heavy atom. The molecule has 5 heteroatoms. The van der Waals surface area contributed by atoms with E-state index in [0.29, 0.717) is 0 Å². The first-order valence-electron chi connectivity index (χ1n) is 26.6. The van der Waals surface area contributed by atoms with Crippen LogP contribution in [0.25, 0.3) is 0 Å². The Kier molecular flexibility index (Phi) is 34.1. The second-order valence-electron chi connectivity index (χ2n) is 23.0. The highest BCUT2D eigenvalue weighted by atomic mass is 16.5. The lowest BCUT2D eigenvalue weighted by Gasteiger charge is -2.36. The highest BCUT2D eigenvalue weighted by Gasteiger charge is 2.24. The van der Waals surface area contributed by atoms with Crippen LogP contribution in [0.1, 0.15) is 196 Å². The van der Waals surface area contributed by atoms with Crippen LogP contribution in [0.3, 0.4) is 0 Å². The van der Waals surface area contributed by atoms with Crippen molar-refractivity contribution >= 4 is 0 Å². The summed E-state index contributed by atoms with van der Waals surface area (Å²) in [7, 11) is 2.22. The maximum absolute atomic E-state index is 5.25. The number of piperidine rings is 4. The first-order valence-corrected chi connectivity index (χ1v) is 26.6. The predicted molar refractivity (Wildman–Crippen MR) is 271 cm³/mol. The quantitative estimate of drug-likeness (QED) is 0.230. The molecule has 5 fully saturated rings. The van der Waals surface area contributed by atoms with Gasteiger partial charge in [-0.05, 0) is 229 Å². The molecule has 0 saturated carbocycles. The zero-order valence-electron chi connectivity index (χ0n) is 45.1. The highest BCUT2D eigenvalue weighted by molar-refractivity contribution is 4.78. The molecule has 0 aromatic rings. The van der Waals surface area contributed by atoms with E-state index in [2.05, 4.69) is 158 Å². The van der Waals surface area contributed by atoms with Gasteiger partial charge in [0.15, 0.2) is 0 Å². The van der Waals surface area contributed by atoms with Gasteiger partial charge in [-0.2, -0.15) is 0 Å². The third-order valence-corrected chi connectivity index (χ3v) is 15.8. The molecule has 5 nitrogen and oxygen atoms in total. The predicted octanol–water partition coefficient (Wildman–Crippen LogP) is 14.3. The number of hydrogen-bond donors (Lipinski definition) is 0. The van der Waals surface area contributed by atoms with E-state index in [9.17, 15) is 0 Å². The third-order valence-electron chi connectivity index (χ3n) is 15.8. The summed E-state index contributed by atoms with van der Waals surface area (Å²) in [4.78, 5) is 10.2. The SMILES string of the molecule is CC(C)C(C)C.CC(C)C1CCN(C(C)C)CC1.CC(C)C1CCN(C(C)C)CC1.CC(C)C1CCN(C)CC1.CC(C)C1CCOCC1.CCN1CCC(C(C)C)CC1. The van der Waals surface area contributed by atoms with E-state index in [4.69, 9.17) is 4.74 Å². The van der Waals surface area contributed by atoms with Crippen LogP contribution >= 0.6 is 0 Å². The molecule has 60 heavy (non-hydrogen) atoms. The van der Waals surface area contributed by atoms with Crippen LogP contribution in [0.15, 0.2) is 0 Å². The van der Waals surface area contributed by atoms with Crippen molar-refractivity contribution in [3.63, 3.8) is 0 Å². The molecule has 0 N–H and O–H groups in total. The van der Waals surface area contributed by atoms with E-state index in [1.165, 1.54) is 123 Å². The molecule has 5 heterocycles. The molecule has 5 saturated heterocycles. The summed E-state index contributed by atoms with van der Waals surface area (Å²) < 4.78 is 5.25. The maximum atomic E-state index is 5.25. The number of likely N-dealkylation sites (tertiary alicyclic amines) is 4. The largest absolute Gasteiger partial charge is 0.381 e. The fraction of sp³-hybridized carbons (Fsp3) is 1.00. The summed E-state index contributed by atoms with van der Waals surface area (Å²) in [6.45, 7) is 57.6. The van der Waals surface area contributed by atoms with Gasteiger partial charge >= 0.3 is 0 Å². The van der Waals surface area contributed by atoms with Gasteiger partial charge in [0.1, 0.15) is 0 Å². The fourth-order valence-corrected chi connectivity index (χ4v) is 9.22. The summed E-state index contributed by atoms with van der Waals surface area (Å²) in [5.74, 6) is 11.0. The molecule has 0 spiro atoms. The summed E-state index contributed by atoms with van der Waals surface area (Å²) in [5, 5.41) is 0. The first-order chi connectivity index (χ1) is 28.1. The molecule has 362 valence electrons. The molecule has 0 aromatic carbocycles. The zero-order valence-corrected chi connectivity index (χ0v) is 45.1. The average molecular weight is 850 g/mol. The third kappa shape index (κ3) is 27.9. The normalized spacial score (nSPS) is 21.8. The van der Waals surface area contributed by atoms with Crippen LogP contribution in [0.2, 0.25) is 0 Å². The lowest BCUT2D eigenvalue weighted by Crippen LogP contribution is -2.39. The van der Waals surface area contributed by atoms with E-state index in [0.717, 1.165) is 96.3 Å². The van der Waals surface area contributed by atoms with Gasteiger partial charge in [0, 0.05) is 25.3 Å². The Morgan fingerprint density at radius 2 is 0.617 bits per heavy atom. The van der Waals surface area contributed by atoms with Crippen molar-refractivity contribution in [2.75, 3.05) is 79.2 Å². The van der Waals surface area contributed by atoms with Gasteiger partial charge in [-0.15, -0.1) is 0 Å². The first kappa shape index (κ1) is 59.8. The Labute approximate surface area is 381 Å². The van der Waals surface area contributed by atoms with Gasteiger partial charge in [-0.3, -0.25) is 0 Å². The average Bonchev–Trinajstić information content (AvgIpc) is 3.22. The summed E-state index contributed by atoms with van der Waals surface area (Å²) in [6.07, 6.45) is 13.9. The molecule has 0 atom stereocenters. The van der Waals surface area contributed by atoms with Gasteiger partial charge in [-0.1, -0.05) is 104 Å². The summed E-state index contributed by atoms with van der Waals surface area (Å²) in [6, 6.07) is 1.50. The second kappa shape index (κ2) is 34.2. The van der Waals surface area contributed by atoms with E-state index >= 15 is 0 Å². The van der Waals surface area contributed by atoms with Crippen LogP contribution in [0.4, 0.5) is 0 Å². The van der Waals surface area contributed by atoms with Crippen LogP contribution in [0, 0.1) is 71.0 Å².